The van der Waals surface area contributed by atoms with E-state index in [1.165, 1.54) is 0 Å². The highest BCUT2D eigenvalue weighted by Crippen LogP contribution is 2.24. The van der Waals surface area contributed by atoms with Crippen molar-refractivity contribution in [3.63, 3.8) is 0 Å². The molecule has 0 aromatic heterocycles. The second-order valence-electron chi connectivity index (χ2n) is 4.58. The summed E-state index contributed by atoms with van der Waals surface area (Å²) < 4.78 is 6.25. The molecule has 0 heterocycles. The van der Waals surface area contributed by atoms with E-state index in [1.807, 2.05) is 49.4 Å². The Balaban J connectivity index is 2.15. The van der Waals surface area contributed by atoms with E-state index < -0.39 is 6.10 Å². The van der Waals surface area contributed by atoms with Gasteiger partial charge < -0.3 is 9.84 Å². The van der Waals surface area contributed by atoms with Crippen molar-refractivity contribution in [2.45, 2.75) is 19.4 Å². The van der Waals surface area contributed by atoms with E-state index in [0.717, 1.165) is 26.9 Å². The van der Waals surface area contributed by atoms with Crippen LogP contribution in [-0.4, -0.2) is 12.2 Å². The summed E-state index contributed by atoms with van der Waals surface area (Å²) in [6, 6.07) is 13.7. The van der Waals surface area contributed by atoms with Gasteiger partial charge in [0.2, 0.25) is 0 Å². The molecule has 0 spiro atoms. The Morgan fingerprint density at radius 2 is 2.00 bits per heavy atom. The molecule has 0 saturated carbocycles. The minimum Gasteiger partial charge on any atom is -0.497 e. The number of rotatable bonds is 4. The average Bonchev–Trinajstić information content (AvgIpc) is 2.42. The molecule has 1 unspecified atom stereocenters. The van der Waals surface area contributed by atoms with Gasteiger partial charge in [0.05, 0.1) is 13.2 Å². The quantitative estimate of drug-likeness (QED) is 0.921. The molecular weight excluding hydrogens is 304 g/mol. The predicted octanol–water partition coefficient (Wildman–Crippen LogP) is 4.04. The maximum Gasteiger partial charge on any atom is 0.119 e. The van der Waals surface area contributed by atoms with E-state index in [0.29, 0.717) is 6.42 Å². The first-order chi connectivity index (χ1) is 9.10. The van der Waals surface area contributed by atoms with E-state index >= 15 is 0 Å². The molecule has 1 atom stereocenters. The number of aryl methyl sites for hydroxylation is 1. The van der Waals surface area contributed by atoms with Gasteiger partial charge in [-0.3, -0.25) is 0 Å². The highest BCUT2D eigenvalue weighted by atomic mass is 79.9. The van der Waals surface area contributed by atoms with Crippen LogP contribution in [0.4, 0.5) is 0 Å². The van der Waals surface area contributed by atoms with E-state index in [-0.39, 0.29) is 0 Å². The molecule has 100 valence electrons. The van der Waals surface area contributed by atoms with Crippen LogP contribution >= 0.6 is 15.9 Å². The molecule has 2 aromatic rings. The topological polar surface area (TPSA) is 29.5 Å². The summed E-state index contributed by atoms with van der Waals surface area (Å²) in [4.78, 5) is 0. The van der Waals surface area contributed by atoms with Gasteiger partial charge in [-0.2, -0.15) is 0 Å². The lowest BCUT2D eigenvalue weighted by molar-refractivity contribution is 0.178. The number of hydrogen-bond donors (Lipinski definition) is 1. The number of halogens is 1. The maximum absolute atomic E-state index is 10.3. The molecule has 2 nitrogen and oxygen atoms in total. The summed E-state index contributed by atoms with van der Waals surface area (Å²) in [5, 5.41) is 10.3. The number of ether oxygens (including phenoxy) is 1. The Bertz CT molecular complexity index is 566. The van der Waals surface area contributed by atoms with Crippen molar-refractivity contribution in [1.82, 2.24) is 0 Å². The summed E-state index contributed by atoms with van der Waals surface area (Å²) in [5.41, 5.74) is 3.12. The van der Waals surface area contributed by atoms with Gasteiger partial charge in [-0.25, -0.2) is 0 Å². The lowest BCUT2D eigenvalue weighted by Gasteiger charge is -2.13. The lowest BCUT2D eigenvalue weighted by Crippen LogP contribution is -2.02. The van der Waals surface area contributed by atoms with Crippen LogP contribution in [0.25, 0.3) is 0 Å². The molecular formula is C16H17BrO2. The van der Waals surface area contributed by atoms with Crippen LogP contribution in [0.15, 0.2) is 46.9 Å². The zero-order valence-electron chi connectivity index (χ0n) is 11.1. The lowest BCUT2D eigenvalue weighted by atomic mass is 10.00. The standard InChI is InChI=1S/C16H17BrO2/c1-11-8-13(6-7-15(11)17)16(18)10-12-4-3-5-14(9-12)19-2/h3-9,16,18H,10H2,1-2H3. The Morgan fingerprint density at radius 3 is 2.68 bits per heavy atom. The molecule has 3 heteroatoms. The minimum atomic E-state index is -0.501. The van der Waals surface area contributed by atoms with Gasteiger partial charge in [-0.1, -0.05) is 40.2 Å². The molecule has 0 saturated heterocycles. The Labute approximate surface area is 122 Å². The molecule has 2 rings (SSSR count). The van der Waals surface area contributed by atoms with Crippen molar-refractivity contribution < 1.29 is 9.84 Å². The second kappa shape index (κ2) is 6.22. The van der Waals surface area contributed by atoms with Crippen LogP contribution in [0, 0.1) is 6.92 Å². The third-order valence-corrected chi connectivity index (χ3v) is 4.02. The number of methoxy groups -OCH3 is 1. The van der Waals surface area contributed by atoms with Crippen molar-refractivity contribution in [3.8, 4) is 5.75 Å². The molecule has 2 aromatic carbocycles. The largest absolute Gasteiger partial charge is 0.497 e. The highest BCUT2D eigenvalue weighted by molar-refractivity contribution is 9.10. The normalized spacial score (nSPS) is 12.2. The first-order valence-corrected chi connectivity index (χ1v) is 6.96. The molecule has 0 aliphatic heterocycles. The third-order valence-electron chi connectivity index (χ3n) is 3.13. The van der Waals surface area contributed by atoms with Gasteiger partial charge in [-0.05, 0) is 41.8 Å². The van der Waals surface area contributed by atoms with Gasteiger partial charge in [0.25, 0.3) is 0 Å². The third kappa shape index (κ3) is 3.58. The van der Waals surface area contributed by atoms with Crippen molar-refractivity contribution in [2.24, 2.45) is 0 Å². The van der Waals surface area contributed by atoms with Gasteiger partial charge in [0.15, 0.2) is 0 Å². The number of hydrogen-bond acceptors (Lipinski definition) is 2. The van der Waals surface area contributed by atoms with Crippen LogP contribution in [0.5, 0.6) is 5.75 Å². The average molecular weight is 321 g/mol. The Kier molecular flexibility index (Phi) is 4.61. The molecule has 19 heavy (non-hydrogen) atoms. The SMILES string of the molecule is COc1cccc(CC(O)c2ccc(Br)c(C)c2)c1. The Hall–Kier alpha value is -1.32. The summed E-state index contributed by atoms with van der Waals surface area (Å²) in [7, 11) is 1.65. The number of benzene rings is 2. The zero-order valence-corrected chi connectivity index (χ0v) is 12.6. The van der Waals surface area contributed by atoms with Crippen LogP contribution in [0.2, 0.25) is 0 Å². The minimum absolute atomic E-state index is 0.501. The van der Waals surface area contributed by atoms with Gasteiger partial charge in [-0.15, -0.1) is 0 Å². The van der Waals surface area contributed by atoms with Crippen LogP contribution in [0.1, 0.15) is 22.8 Å². The van der Waals surface area contributed by atoms with Gasteiger partial charge >= 0.3 is 0 Å². The van der Waals surface area contributed by atoms with Crippen LogP contribution < -0.4 is 4.74 Å². The second-order valence-corrected chi connectivity index (χ2v) is 5.43. The fourth-order valence-electron chi connectivity index (χ4n) is 2.02. The van der Waals surface area contributed by atoms with Gasteiger partial charge in [0.1, 0.15) is 5.75 Å². The molecule has 0 fully saturated rings. The molecule has 0 aliphatic rings. The Morgan fingerprint density at radius 1 is 1.21 bits per heavy atom. The fraction of sp³-hybridized carbons (Fsp3) is 0.250. The van der Waals surface area contributed by atoms with Crippen LogP contribution in [0.3, 0.4) is 0 Å². The predicted molar refractivity (Wildman–Crippen MR) is 80.5 cm³/mol. The first kappa shape index (κ1) is 14.1. The molecule has 0 amide bonds. The molecule has 0 radical (unpaired) electrons. The van der Waals surface area contributed by atoms with Crippen molar-refractivity contribution in [2.75, 3.05) is 7.11 Å². The smallest absolute Gasteiger partial charge is 0.119 e. The molecule has 0 bridgehead atoms. The zero-order chi connectivity index (χ0) is 13.8. The van der Waals surface area contributed by atoms with E-state index in [2.05, 4.69) is 15.9 Å². The van der Waals surface area contributed by atoms with Crippen molar-refractivity contribution in [3.05, 3.63) is 63.6 Å². The molecule has 1 N–H and O–H groups in total. The summed E-state index contributed by atoms with van der Waals surface area (Å²) in [6.45, 7) is 2.02. The first-order valence-electron chi connectivity index (χ1n) is 6.17. The van der Waals surface area contributed by atoms with Crippen molar-refractivity contribution >= 4 is 15.9 Å². The van der Waals surface area contributed by atoms with E-state index in [9.17, 15) is 5.11 Å². The monoisotopic (exact) mass is 320 g/mol. The summed E-state index contributed by atoms with van der Waals surface area (Å²) in [5.74, 6) is 0.816. The van der Waals surface area contributed by atoms with Gasteiger partial charge in [0, 0.05) is 10.9 Å². The van der Waals surface area contributed by atoms with E-state index in [1.54, 1.807) is 7.11 Å². The summed E-state index contributed by atoms with van der Waals surface area (Å²) in [6.07, 6.45) is 0.0806. The summed E-state index contributed by atoms with van der Waals surface area (Å²) >= 11 is 3.47. The van der Waals surface area contributed by atoms with Crippen LogP contribution in [-0.2, 0) is 6.42 Å². The number of aliphatic hydroxyl groups is 1. The maximum atomic E-state index is 10.3. The molecule has 0 aliphatic carbocycles. The fourth-order valence-corrected chi connectivity index (χ4v) is 2.26. The van der Waals surface area contributed by atoms with E-state index in [4.69, 9.17) is 4.74 Å². The number of aliphatic hydroxyl groups excluding tert-OH is 1. The highest BCUT2D eigenvalue weighted by Gasteiger charge is 2.10. The van der Waals surface area contributed by atoms with Crippen molar-refractivity contribution in [1.29, 1.82) is 0 Å².